The van der Waals surface area contributed by atoms with Crippen LogP contribution >= 0.6 is 0 Å². The predicted molar refractivity (Wildman–Crippen MR) is 79.1 cm³/mol. The summed E-state index contributed by atoms with van der Waals surface area (Å²) in [6.45, 7) is 5.59. The van der Waals surface area contributed by atoms with E-state index >= 15 is 0 Å². The van der Waals surface area contributed by atoms with E-state index in [1.54, 1.807) is 0 Å². The average Bonchev–Trinajstić information content (AvgIpc) is 2.43. The van der Waals surface area contributed by atoms with Crippen LogP contribution < -0.4 is 0 Å². The molecule has 1 aromatic heterocycles. The molecular formula is C17H19NO. The molecular weight excluding hydrogens is 234 g/mol. The van der Waals surface area contributed by atoms with Crippen molar-refractivity contribution in [3.05, 3.63) is 41.6 Å². The molecule has 0 aliphatic rings. The molecule has 0 unspecified atom stereocenters. The highest BCUT2D eigenvalue weighted by Crippen LogP contribution is 2.15. The van der Waals surface area contributed by atoms with Crippen molar-refractivity contribution < 1.29 is 4.74 Å². The Balaban J connectivity index is 2.08. The van der Waals surface area contributed by atoms with E-state index in [-0.39, 0.29) is 0 Å². The molecule has 2 aromatic rings. The van der Waals surface area contributed by atoms with Gasteiger partial charge in [-0.25, -0.2) is 0 Å². The first kappa shape index (κ1) is 13.6. The number of hydrogen-bond acceptors (Lipinski definition) is 2. The normalized spacial score (nSPS) is 10.2. The van der Waals surface area contributed by atoms with Gasteiger partial charge in [0, 0.05) is 30.6 Å². The van der Waals surface area contributed by atoms with Crippen molar-refractivity contribution in [2.45, 2.75) is 26.7 Å². The summed E-state index contributed by atoms with van der Waals surface area (Å²) in [5, 5.41) is 1.15. The second-order valence-electron chi connectivity index (χ2n) is 4.42. The first-order valence-corrected chi connectivity index (χ1v) is 6.74. The Morgan fingerprint density at radius 3 is 2.95 bits per heavy atom. The summed E-state index contributed by atoms with van der Waals surface area (Å²) in [7, 11) is 0. The van der Waals surface area contributed by atoms with Gasteiger partial charge in [0.25, 0.3) is 0 Å². The second-order valence-corrected chi connectivity index (χ2v) is 4.42. The van der Waals surface area contributed by atoms with Crippen LogP contribution in [0.1, 0.15) is 31.0 Å². The predicted octanol–water partition coefficient (Wildman–Crippen LogP) is 3.71. The maximum atomic E-state index is 5.29. The molecule has 1 heterocycles. The van der Waals surface area contributed by atoms with E-state index in [1.165, 1.54) is 0 Å². The number of ether oxygens (including phenoxy) is 1. The first-order chi connectivity index (χ1) is 9.31. The third-order valence-corrected chi connectivity index (χ3v) is 2.93. The van der Waals surface area contributed by atoms with E-state index in [2.05, 4.69) is 29.0 Å². The lowest BCUT2D eigenvalue weighted by Crippen LogP contribution is -1.92. The van der Waals surface area contributed by atoms with Gasteiger partial charge in [0.05, 0.1) is 11.2 Å². The number of para-hydroxylation sites is 1. The van der Waals surface area contributed by atoms with Crippen molar-refractivity contribution in [1.29, 1.82) is 0 Å². The van der Waals surface area contributed by atoms with E-state index in [0.717, 1.165) is 48.2 Å². The van der Waals surface area contributed by atoms with Crippen molar-refractivity contribution in [1.82, 2.24) is 4.98 Å². The lowest BCUT2D eigenvalue weighted by atomic mass is 10.1. The number of nitrogens with zero attached hydrogens (tertiary/aromatic N) is 1. The summed E-state index contributed by atoms with van der Waals surface area (Å²) >= 11 is 0. The number of hydrogen-bond donors (Lipinski definition) is 0. The molecule has 0 saturated carbocycles. The molecule has 0 spiro atoms. The molecule has 0 saturated heterocycles. The van der Waals surface area contributed by atoms with Crippen molar-refractivity contribution in [3.63, 3.8) is 0 Å². The third-order valence-electron chi connectivity index (χ3n) is 2.93. The van der Waals surface area contributed by atoms with Crippen molar-refractivity contribution >= 4 is 10.9 Å². The van der Waals surface area contributed by atoms with Gasteiger partial charge in [-0.1, -0.05) is 30.0 Å². The zero-order valence-corrected chi connectivity index (χ0v) is 11.6. The van der Waals surface area contributed by atoms with E-state index in [9.17, 15) is 0 Å². The van der Waals surface area contributed by atoms with Crippen LogP contribution in [0.3, 0.4) is 0 Å². The standard InChI is InChI=1S/C17H19NO/c1-3-19-12-8-4-5-9-15-13-16-10-6-7-11-17(16)18-14(15)2/h6-7,10-11,13H,3-4,8,12H2,1-2H3. The minimum atomic E-state index is 0.779. The largest absolute Gasteiger partial charge is 0.382 e. The topological polar surface area (TPSA) is 22.1 Å². The Morgan fingerprint density at radius 2 is 2.11 bits per heavy atom. The average molecular weight is 253 g/mol. The molecule has 19 heavy (non-hydrogen) atoms. The van der Waals surface area contributed by atoms with Crippen molar-refractivity contribution in [3.8, 4) is 11.8 Å². The third kappa shape index (κ3) is 3.81. The zero-order valence-electron chi connectivity index (χ0n) is 11.6. The fraction of sp³-hybridized carbons (Fsp3) is 0.353. The maximum Gasteiger partial charge on any atom is 0.0706 e. The Labute approximate surface area is 114 Å². The summed E-state index contributed by atoms with van der Waals surface area (Å²) < 4.78 is 5.29. The van der Waals surface area contributed by atoms with Crippen LogP contribution in [0.5, 0.6) is 0 Å². The SMILES string of the molecule is CCOCCCC#Cc1cc2ccccc2nc1C. The second kappa shape index (κ2) is 6.92. The van der Waals surface area contributed by atoms with Gasteiger partial charge >= 0.3 is 0 Å². The fourth-order valence-electron chi connectivity index (χ4n) is 1.90. The number of benzene rings is 1. The number of aromatic nitrogens is 1. The van der Waals surface area contributed by atoms with Gasteiger partial charge in [-0.3, -0.25) is 4.98 Å². The number of rotatable bonds is 4. The van der Waals surface area contributed by atoms with Gasteiger partial charge in [-0.2, -0.15) is 0 Å². The van der Waals surface area contributed by atoms with E-state index < -0.39 is 0 Å². The Kier molecular flexibility index (Phi) is 4.94. The molecule has 0 aliphatic heterocycles. The Bertz CT molecular complexity index is 607. The summed E-state index contributed by atoms with van der Waals surface area (Å²) in [6, 6.07) is 10.3. The Hall–Kier alpha value is -1.85. The number of aryl methyl sites for hydroxylation is 1. The minimum Gasteiger partial charge on any atom is -0.382 e. The molecule has 0 fully saturated rings. The first-order valence-electron chi connectivity index (χ1n) is 6.74. The van der Waals surface area contributed by atoms with Gasteiger partial charge < -0.3 is 4.74 Å². The van der Waals surface area contributed by atoms with Crippen LogP contribution in [-0.4, -0.2) is 18.2 Å². The van der Waals surface area contributed by atoms with Gasteiger partial charge in [0.15, 0.2) is 0 Å². The van der Waals surface area contributed by atoms with Crippen molar-refractivity contribution in [2.75, 3.05) is 13.2 Å². The van der Waals surface area contributed by atoms with Gasteiger partial charge in [0.2, 0.25) is 0 Å². The van der Waals surface area contributed by atoms with Crippen LogP contribution in [0.25, 0.3) is 10.9 Å². The molecule has 0 amide bonds. The van der Waals surface area contributed by atoms with Crippen LogP contribution in [0.15, 0.2) is 30.3 Å². The molecule has 2 rings (SSSR count). The van der Waals surface area contributed by atoms with E-state index in [4.69, 9.17) is 4.74 Å². The molecule has 0 N–H and O–H groups in total. The minimum absolute atomic E-state index is 0.779. The molecule has 0 atom stereocenters. The van der Waals surface area contributed by atoms with E-state index in [0.29, 0.717) is 0 Å². The lowest BCUT2D eigenvalue weighted by Gasteiger charge is -2.01. The summed E-state index contributed by atoms with van der Waals surface area (Å²) in [5.41, 5.74) is 3.05. The fourth-order valence-corrected chi connectivity index (χ4v) is 1.90. The van der Waals surface area contributed by atoms with Crippen molar-refractivity contribution in [2.24, 2.45) is 0 Å². The molecule has 1 aromatic carbocycles. The Morgan fingerprint density at radius 1 is 1.26 bits per heavy atom. The van der Waals surface area contributed by atoms with Crippen LogP contribution in [0.4, 0.5) is 0 Å². The lowest BCUT2D eigenvalue weighted by molar-refractivity contribution is 0.146. The number of unbranched alkanes of at least 4 members (excludes halogenated alkanes) is 1. The number of pyridine rings is 1. The monoisotopic (exact) mass is 253 g/mol. The molecule has 0 aliphatic carbocycles. The quantitative estimate of drug-likeness (QED) is 0.612. The van der Waals surface area contributed by atoms with Crippen LogP contribution in [0.2, 0.25) is 0 Å². The molecule has 2 nitrogen and oxygen atoms in total. The molecule has 0 bridgehead atoms. The molecule has 98 valence electrons. The smallest absolute Gasteiger partial charge is 0.0706 e. The zero-order chi connectivity index (χ0) is 13.5. The molecule has 0 radical (unpaired) electrons. The molecule has 2 heteroatoms. The van der Waals surface area contributed by atoms with E-state index in [1.807, 2.05) is 32.0 Å². The van der Waals surface area contributed by atoms with Crippen LogP contribution in [0, 0.1) is 18.8 Å². The highest BCUT2D eigenvalue weighted by atomic mass is 16.5. The summed E-state index contributed by atoms with van der Waals surface area (Å²) in [4.78, 5) is 4.58. The van der Waals surface area contributed by atoms with Gasteiger partial charge in [-0.05, 0) is 32.4 Å². The highest BCUT2D eigenvalue weighted by molar-refractivity contribution is 5.80. The summed E-state index contributed by atoms with van der Waals surface area (Å²) in [5.74, 6) is 6.41. The maximum absolute atomic E-state index is 5.29. The summed E-state index contributed by atoms with van der Waals surface area (Å²) in [6.07, 6.45) is 1.85. The highest BCUT2D eigenvalue weighted by Gasteiger charge is 1.99. The number of fused-ring (bicyclic) bond motifs is 1. The van der Waals surface area contributed by atoms with Gasteiger partial charge in [0.1, 0.15) is 0 Å². The van der Waals surface area contributed by atoms with Gasteiger partial charge in [-0.15, -0.1) is 0 Å². The van der Waals surface area contributed by atoms with Crippen LogP contribution in [-0.2, 0) is 4.74 Å².